The van der Waals surface area contributed by atoms with Crippen molar-refractivity contribution in [2.75, 3.05) is 7.11 Å². The molecule has 3 heterocycles. The van der Waals surface area contributed by atoms with E-state index in [9.17, 15) is 0 Å². The second-order valence-corrected chi connectivity index (χ2v) is 7.88. The molecule has 5 aromatic rings. The van der Waals surface area contributed by atoms with E-state index in [1.165, 1.54) is 0 Å². The van der Waals surface area contributed by atoms with Gasteiger partial charge in [-0.25, -0.2) is 0 Å². The molecule has 6 nitrogen and oxygen atoms in total. The highest BCUT2D eigenvalue weighted by atomic mass is 16.5. The van der Waals surface area contributed by atoms with Crippen LogP contribution in [0, 0.1) is 0 Å². The summed E-state index contributed by atoms with van der Waals surface area (Å²) in [6, 6.07) is 23.7. The minimum absolute atomic E-state index is 0.401. The Kier molecular flexibility index (Phi) is 6.62. The van der Waals surface area contributed by atoms with Gasteiger partial charge in [0.15, 0.2) is 0 Å². The van der Waals surface area contributed by atoms with Crippen molar-refractivity contribution in [3.63, 3.8) is 0 Å². The molecule has 35 heavy (non-hydrogen) atoms. The Balaban J connectivity index is 1.25. The van der Waals surface area contributed by atoms with E-state index in [2.05, 4.69) is 44.4 Å². The van der Waals surface area contributed by atoms with Crippen molar-refractivity contribution in [3.8, 4) is 11.5 Å². The fraction of sp³-hybridized carbons (Fsp3) is 0.0690. The average Bonchev–Trinajstić information content (AvgIpc) is 3.38. The van der Waals surface area contributed by atoms with Crippen LogP contribution < -0.4 is 9.47 Å². The third-order valence-corrected chi connectivity index (χ3v) is 5.45. The molecule has 0 aliphatic heterocycles. The van der Waals surface area contributed by atoms with Gasteiger partial charge >= 0.3 is 0 Å². The van der Waals surface area contributed by atoms with Crippen LogP contribution in [0.15, 0.2) is 85.2 Å². The van der Waals surface area contributed by atoms with Crippen molar-refractivity contribution in [1.82, 2.24) is 20.2 Å². The van der Waals surface area contributed by atoms with E-state index in [-0.39, 0.29) is 0 Å². The first-order valence-electron chi connectivity index (χ1n) is 11.2. The molecular weight excluding hydrogens is 436 g/mol. The number of fused-ring (bicyclic) bond motifs is 1. The number of H-pyrrole nitrogens is 1. The van der Waals surface area contributed by atoms with E-state index in [0.717, 1.165) is 50.6 Å². The molecule has 5 rings (SSSR count). The maximum atomic E-state index is 5.85. The monoisotopic (exact) mass is 460 g/mol. The van der Waals surface area contributed by atoms with Gasteiger partial charge in [0.1, 0.15) is 18.1 Å². The number of rotatable bonds is 8. The largest absolute Gasteiger partial charge is 0.496 e. The first-order chi connectivity index (χ1) is 17.3. The fourth-order valence-corrected chi connectivity index (χ4v) is 3.63. The van der Waals surface area contributed by atoms with Crippen molar-refractivity contribution in [2.45, 2.75) is 6.61 Å². The van der Waals surface area contributed by atoms with Crippen LogP contribution in [0.2, 0.25) is 0 Å². The number of benzene rings is 2. The molecule has 0 saturated carbocycles. The summed E-state index contributed by atoms with van der Waals surface area (Å²) < 4.78 is 11.4. The van der Waals surface area contributed by atoms with Crippen LogP contribution in [0.1, 0.15) is 28.2 Å². The maximum absolute atomic E-state index is 5.85. The molecule has 172 valence electrons. The zero-order chi connectivity index (χ0) is 23.9. The number of aromatic amines is 1. The summed E-state index contributed by atoms with van der Waals surface area (Å²) >= 11 is 0. The summed E-state index contributed by atoms with van der Waals surface area (Å²) in [6.45, 7) is 0.401. The lowest BCUT2D eigenvalue weighted by molar-refractivity contribution is 0.299. The predicted molar refractivity (Wildman–Crippen MR) is 140 cm³/mol. The predicted octanol–water partition coefficient (Wildman–Crippen LogP) is 6.28. The SMILES string of the molecule is COc1cc(OCc2ccccn2)ccc1/C=C/c1cc(/C=C/c2ccc3cccnc3c2)[nH]n1. The second kappa shape index (κ2) is 10.5. The van der Waals surface area contributed by atoms with E-state index >= 15 is 0 Å². The van der Waals surface area contributed by atoms with Gasteiger partial charge in [-0.05, 0) is 66.3 Å². The van der Waals surface area contributed by atoms with E-state index < -0.39 is 0 Å². The molecule has 0 saturated heterocycles. The standard InChI is InChI=1S/C29H24N4O2/c1-34-29-19-27(35-20-26-6-2-3-15-30-26)14-11-23(29)10-13-25-18-24(32-33-25)12-8-21-7-9-22-5-4-16-31-28(22)17-21/h2-19H,20H2,1H3,(H,32,33)/b12-8+,13-10+. The smallest absolute Gasteiger partial charge is 0.130 e. The Labute approximate surface area is 203 Å². The van der Waals surface area contributed by atoms with Crippen molar-refractivity contribution in [1.29, 1.82) is 0 Å². The molecule has 0 radical (unpaired) electrons. The fourth-order valence-electron chi connectivity index (χ4n) is 3.63. The van der Waals surface area contributed by atoms with Crippen molar-refractivity contribution in [3.05, 3.63) is 113 Å². The lowest BCUT2D eigenvalue weighted by Crippen LogP contribution is -1.98. The summed E-state index contributed by atoms with van der Waals surface area (Å²) in [7, 11) is 1.65. The summed E-state index contributed by atoms with van der Waals surface area (Å²) in [5.41, 5.74) is 5.60. The summed E-state index contributed by atoms with van der Waals surface area (Å²) in [5.74, 6) is 1.45. The normalized spacial score (nSPS) is 11.5. The lowest BCUT2D eigenvalue weighted by Gasteiger charge is -2.09. The zero-order valence-corrected chi connectivity index (χ0v) is 19.3. The van der Waals surface area contributed by atoms with E-state index in [4.69, 9.17) is 9.47 Å². The number of nitrogens with zero attached hydrogens (tertiary/aromatic N) is 3. The third-order valence-electron chi connectivity index (χ3n) is 5.45. The van der Waals surface area contributed by atoms with Crippen LogP contribution >= 0.6 is 0 Å². The van der Waals surface area contributed by atoms with Gasteiger partial charge in [-0.3, -0.25) is 15.1 Å². The third kappa shape index (κ3) is 5.62. The van der Waals surface area contributed by atoms with Crippen LogP contribution in [0.4, 0.5) is 0 Å². The van der Waals surface area contributed by atoms with Crippen LogP contribution in [-0.2, 0) is 6.61 Å². The highest BCUT2D eigenvalue weighted by Gasteiger charge is 2.05. The highest BCUT2D eigenvalue weighted by molar-refractivity contribution is 5.82. The molecule has 3 aromatic heterocycles. The van der Waals surface area contributed by atoms with Crippen molar-refractivity contribution < 1.29 is 9.47 Å². The topological polar surface area (TPSA) is 72.9 Å². The average molecular weight is 461 g/mol. The Bertz CT molecular complexity index is 1490. The molecule has 1 N–H and O–H groups in total. The molecule has 0 aliphatic rings. The molecule has 0 atom stereocenters. The molecule has 0 amide bonds. The highest BCUT2D eigenvalue weighted by Crippen LogP contribution is 2.27. The second-order valence-electron chi connectivity index (χ2n) is 7.88. The number of ether oxygens (including phenoxy) is 2. The number of hydrogen-bond donors (Lipinski definition) is 1. The van der Waals surface area contributed by atoms with Gasteiger partial charge in [-0.2, -0.15) is 5.10 Å². The van der Waals surface area contributed by atoms with Gasteiger partial charge in [-0.15, -0.1) is 0 Å². The number of hydrogen-bond acceptors (Lipinski definition) is 5. The number of pyridine rings is 2. The maximum Gasteiger partial charge on any atom is 0.130 e. The van der Waals surface area contributed by atoms with Gasteiger partial charge < -0.3 is 9.47 Å². The zero-order valence-electron chi connectivity index (χ0n) is 19.3. The number of aromatic nitrogens is 4. The van der Waals surface area contributed by atoms with Crippen LogP contribution in [0.3, 0.4) is 0 Å². The van der Waals surface area contributed by atoms with Gasteiger partial charge in [0, 0.05) is 29.4 Å². The van der Waals surface area contributed by atoms with Crippen LogP contribution in [0.5, 0.6) is 11.5 Å². The molecule has 0 spiro atoms. The number of nitrogens with one attached hydrogen (secondary N) is 1. The molecule has 2 aromatic carbocycles. The molecular formula is C29H24N4O2. The molecule has 0 fully saturated rings. The minimum Gasteiger partial charge on any atom is -0.496 e. The molecule has 6 heteroatoms. The summed E-state index contributed by atoms with van der Waals surface area (Å²) in [6.07, 6.45) is 11.5. The molecule has 0 unspecified atom stereocenters. The van der Waals surface area contributed by atoms with Gasteiger partial charge in [0.05, 0.1) is 29.7 Å². The van der Waals surface area contributed by atoms with Crippen molar-refractivity contribution in [2.24, 2.45) is 0 Å². The van der Waals surface area contributed by atoms with E-state index in [0.29, 0.717) is 6.61 Å². The van der Waals surface area contributed by atoms with E-state index in [1.807, 2.05) is 72.8 Å². The quantitative estimate of drug-likeness (QED) is 0.295. The Hall–Kier alpha value is -4.71. The van der Waals surface area contributed by atoms with Gasteiger partial charge in [0.25, 0.3) is 0 Å². The van der Waals surface area contributed by atoms with Gasteiger partial charge in [0.2, 0.25) is 0 Å². The molecule has 0 aliphatic carbocycles. The van der Waals surface area contributed by atoms with Crippen LogP contribution in [0.25, 0.3) is 35.2 Å². The summed E-state index contributed by atoms with van der Waals surface area (Å²) in [5, 5.41) is 8.57. The Morgan fingerprint density at radius 2 is 1.77 bits per heavy atom. The van der Waals surface area contributed by atoms with Crippen molar-refractivity contribution >= 4 is 35.2 Å². The Morgan fingerprint density at radius 3 is 2.66 bits per heavy atom. The first-order valence-corrected chi connectivity index (χ1v) is 11.2. The molecule has 0 bridgehead atoms. The Morgan fingerprint density at radius 1 is 0.829 bits per heavy atom. The van der Waals surface area contributed by atoms with E-state index in [1.54, 1.807) is 19.5 Å². The van der Waals surface area contributed by atoms with Gasteiger partial charge in [-0.1, -0.05) is 30.3 Å². The number of methoxy groups -OCH3 is 1. The first kappa shape index (κ1) is 22.1. The van der Waals surface area contributed by atoms with Crippen LogP contribution in [-0.4, -0.2) is 27.3 Å². The lowest BCUT2D eigenvalue weighted by atomic mass is 10.1. The summed E-state index contributed by atoms with van der Waals surface area (Å²) in [4.78, 5) is 8.69. The minimum atomic E-state index is 0.401.